The first-order valence-electron chi connectivity index (χ1n) is 11.5. The summed E-state index contributed by atoms with van der Waals surface area (Å²) < 4.78 is 6.31. The minimum absolute atomic E-state index is 0. The molecule has 3 aromatic rings. The van der Waals surface area contributed by atoms with Gasteiger partial charge in [0.25, 0.3) is 0 Å². The smallest absolute Gasteiger partial charge is 0.184 e. The van der Waals surface area contributed by atoms with E-state index in [9.17, 15) is 4.79 Å². The van der Waals surface area contributed by atoms with Crippen LogP contribution in [0.1, 0.15) is 40.1 Å². The van der Waals surface area contributed by atoms with Gasteiger partial charge in [0, 0.05) is 33.0 Å². The number of halogens is 5. The number of hydrogen-bond acceptors (Lipinski definition) is 4. The third kappa shape index (κ3) is 7.44. The van der Waals surface area contributed by atoms with Crippen molar-refractivity contribution in [1.29, 1.82) is 0 Å². The zero-order chi connectivity index (χ0) is 25.8. The van der Waals surface area contributed by atoms with E-state index in [1.165, 1.54) is 0 Å². The molecule has 3 aromatic carbocycles. The fourth-order valence-electron chi connectivity index (χ4n) is 3.95. The molecule has 3 atom stereocenters. The summed E-state index contributed by atoms with van der Waals surface area (Å²) >= 11 is 25.5. The minimum atomic E-state index is -0.555. The molecule has 196 valence electrons. The average molecular weight is 645 g/mol. The number of ketones is 1. The lowest BCUT2D eigenvalue weighted by atomic mass is 10.0. The summed E-state index contributed by atoms with van der Waals surface area (Å²) in [5.74, 6) is 0.0514. The summed E-state index contributed by atoms with van der Waals surface area (Å²) in [6, 6.07) is 20.0. The summed E-state index contributed by atoms with van der Waals surface area (Å²) in [6.07, 6.45) is 3.28. The fourth-order valence-corrected chi connectivity index (χ4v) is 4.89. The maximum Gasteiger partial charge on any atom is 0.184 e. The average Bonchev–Trinajstić information content (AvgIpc) is 3.36. The molecule has 0 saturated carbocycles. The molecule has 37 heavy (non-hydrogen) atoms. The third-order valence-electron chi connectivity index (χ3n) is 6.19. The van der Waals surface area contributed by atoms with E-state index in [1.54, 1.807) is 24.3 Å². The van der Waals surface area contributed by atoms with Crippen molar-refractivity contribution >= 4 is 69.2 Å². The second kappa shape index (κ2) is 13.4. The van der Waals surface area contributed by atoms with Gasteiger partial charge in [-0.2, -0.15) is 0 Å². The standard InChI is InChI=1S/C28H26Cl4N2O2.BrH/c1-18-3-5-20(6-4-18)26(35)19(2)33-13-14-34(17-33)28(32)27(21-7-10-23(29)11-8-21)36-16-22-9-12-24(30)15-25(22)31;/h3-15,19,27-28H,16-17H2,1-2H3;1H. The largest absolute Gasteiger partial charge is 0.365 e. The minimum Gasteiger partial charge on any atom is -0.365 e. The van der Waals surface area contributed by atoms with Crippen LogP contribution < -0.4 is 0 Å². The van der Waals surface area contributed by atoms with Crippen LogP contribution in [-0.4, -0.2) is 33.8 Å². The Morgan fingerprint density at radius 1 is 0.919 bits per heavy atom. The quantitative estimate of drug-likeness (QED) is 0.133. The number of ether oxygens (including phenoxy) is 1. The van der Waals surface area contributed by atoms with Crippen LogP contribution >= 0.6 is 63.4 Å². The molecule has 0 fully saturated rings. The molecule has 3 unspecified atom stereocenters. The fraction of sp³-hybridized carbons (Fsp3) is 0.250. The van der Waals surface area contributed by atoms with Gasteiger partial charge in [-0.05, 0) is 49.2 Å². The number of alkyl halides is 1. The summed E-state index contributed by atoms with van der Waals surface area (Å²) in [6.45, 7) is 4.59. The summed E-state index contributed by atoms with van der Waals surface area (Å²) in [5, 5.41) is 1.71. The third-order valence-corrected chi connectivity index (χ3v) is 7.51. The van der Waals surface area contributed by atoms with Crippen molar-refractivity contribution in [2.45, 2.75) is 38.1 Å². The number of rotatable bonds is 9. The lowest BCUT2D eigenvalue weighted by Gasteiger charge is -2.33. The zero-order valence-electron chi connectivity index (χ0n) is 20.3. The number of nitrogens with zero attached hydrogens (tertiary/aromatic N) is 2. The van der Waals surface area contributed by atoms with Crippen molar-refractivity contribution < 1.29 is 9.53 Å². The first-order valence-corrected chi connectivity index (χ1v) is 13.1. The van der Waals surface area contributed by atoms with Gasteiger partial charge in [-0.3, -0.25) is 4.79 Å². The molecule has 0 N–H and O–H groups in total. The maximum absolute atomic E-state index is 13.0. The molecular formula is C28H27BrCl4N2O2. The second-order valence-electron chi connectivity index (χ2n) is 8.77. The van der Waals surface area contributed by atoms with E-state index >= 15 is 0 Å². The highest BCUT2D eigenvalue weighted by Gasteiger charge is 2.32. The van der Waals surface area contributed by atoms with Crippen LogP contribution in [0, 0.1) is 6.92 Å². The van der Waals surface area contributed by atoms with E-state index in [2.05, 4.69) is 0 Å². The maximum atomic E-state index is 13.0. The number of carbonyl (C=O) groups is 1. The molecule has 4 rings (SSSR count). The normalized spacial score (nSPS) is 15.3. The molecule has 1 aliphatic heterocycles. The van der Waals surface area contributed by atoms with Gasteiger partial charge < -0.3 is 14.5 Å². The van der Waals surface area contributed by atoms with Gasteiger partial charge in [0.1, 0.15) is 11.6 Å². The monoisotopic (exact) mass is 642 g/mol. The Morgan fingerprint density at radius 2 is 1.54 bits per heavy atom. The number of aryl methyl sites for hydroxylation is 1. The Kier molecular flexibility index (Phi) is 10.8. The van der Waals surface area contributed by atoms with Gasteiger partial charge in [0.15, 0.2) is 5.78 Å². The first-order chi connectivity index (χ1) is 17.2. The molecule has 0 amide bonds. The topological polar surface area (TPSA) is 32.8 Å². The molecule has 9 heteroatoms. The van der Waals surface area contributed by atoms with Gasteiger partial charge in [-0.1, -0.05) is 94.4 Å². The lowest BCUT2D eigenvalue weighted by molar-refractivity contribution is 0.00575. The molecule has 1 heterocycles. The number of hydrogen-bond donors (Lipinski definition) is 0. The molecule has 0 bridgehead atoms. The van der Waals surface area contributed by atoms with Gasteiger partial charge in [0.2, 0.25) is 0 Å². The zero-order valence-corrected chi connectivity index (χ0v) is 25.0. The van der Waals surface area contributed by atoms with E-state index < -0.39 is 11.6 Å². The van der Waals surface area contributed by atoms with Crippen molar-refractivity contribution in [2.24, 2.45) is 0 Å². The predicted molar refractivity (Wildman–Crippen MR) is 158 cm³/mol. The van der Waals surface area contributed by atoms with Gasteiger partial charge in [0.05, 0.1) is 19.3 Å². The Balaban J connectivity index is 0.00000380. The van der Waals surface area contributed by atoms with Crippen LogP contribution in [0.25, 0.3) is 0 Å². The van der Waals surface area contributed by atoms with Gasteiger partial charge in [-0.25, -0.2) is 0 Å². The highest BCUT2D eigenvalue weighted by atomic mass is 79.9. The molecular weight excluding hydrogens is 618 g/mol. The van der Waals surface area contributed by atoms with Gasteiger partial charge >= 0.3 is 0 Å². The Hall–Kier alpha value is -1.73. The van der Waals surface area contributed by atoms with E-state index in [0.29, 0.717) is 27.3 Å². The molecule has 1 aliphatic rings. The van der Waals surface area contributed by atoms with E-state index in [0.717, 1.165) is 16.7 Å². The van der Waals surface area contributed by atoms with E-state index in [4.69, 9.17) is 51.1 Å². The van der Waals surface area contributed by atoms with E-state index in [-0.39, 0.29) is 35.4 Å². The van der Waals surface area contributed by atoms with Crippen LogP contribution in [-0.2, 0) is 11.3 Å². The highest BCUT2D eigenvalue weighted by molar-refractivity contribution is 8.93. The molecule has 0 saturated heterocycles. The summed E-state index contributed by atoms with van der Waals surface area (Å²) in [5.41, 5.74) is 2.93. The lowest BCUT2D eigenvalue weighted by Crippen LogP contribution is -2.41. The predicted octanol–water partition coefficient (Wildman–Crippen LogP) is 8.67. The van der Waals surface area contributed by atoms with Crippen molar-refractivity contribution in [3.63, 3.8) is 0 Å². The Labute approximate surface area is 248 Å². The SMILES string of the molecule is Br.Cc1ccc(C(=O)C(C)N2C=CN(C(Cl)C(OCc3ccc(Cl)cc3Cl)c3ccc(Cl)cc3)C2)cc1. The van der Waals surface area contributed by atoms with Crippen molar-refractivity contribution in [2.75, 3.05) is 6.67 Å². The number of benzene rings is 3. The summed E-state index contributed by atoms with van der Waals surface area (Å²) in [7, 11) is 0. The van der Waals surface area contributed by atoms with Crippen LogP contribution in [0.2, 0.25) is 15.1 Å². The number of carbonyl (C=O) groups excluding carboxylic acids is 1. The second-order valence-corrected chi connectivity index (χ2v) is 10.5. The molecule has 0 spiro atoms. The molecule has 0 radical (unpaired) electrons. The van der Waals surface area contributed by atoms with E-state index in [1.807, 2.05) is 78.5 Å². The van der Waals surface area contributed by atoms with Crippen molar-refractivity contribution in [1.82, 2.24) is 9.80 Å². The van der Waals surface area contributed by atoms with Crippen molar-refractivity contribution in [3.05, 3.63) is 116 Å². The molecule has 0 aliphatic carbocycles. The highest BCUT2D eigenvalue weighted by Crippen LogP contribution is 2.33. The van der Waals surface area contributed by atoms with Crippen LogP contribution in [0.5, 0.6) is 0 Å². The first kappa shape index (κ1) is 29.8. The number of Topliss-reactive ketones (excluding diaryl/α,β-unsaturated/α-hetero) is 1. The van der Waals surface area contributed by atoms with Crippen molar-refractivity contribution in [3.8, 4) is 0 Å². The molecule has 4 nitrogen and oxygen atoms in total. The van der Waals surface area contributed by atoms with Crippen LogP contribution in [0.4, 0.5) is 0 Å². The molecule has 0 aromatic heterocycles. The van der Waals surface area contributed by atoms with Crippen LogP contribution in [0.3, 0.4) is 0 Å². The Bertz CT molecular complexity index is 1240. The summed E-state index contributed by atoms with van der Waals surface area (Å²) in [4.78, 5) is 16.9. The Morgan fingerprint density at radius 3 is 2.19 bits per heavy atom. The van der Waals surface area contributed by atoms with Crippen LogP contribution in [0.15, 0.2) is 79.1 Å². The van der Waals surface area contributed by atoms with Gasteiger partial charge in [-0.15, -0.1) is 17.0 Å².